The average Bonchev–Trinajstić information content (AvgIpc) is 2.42. The lowest BCUT2D eigenvalue weighted by Crippen LogP contribution is -2.16. The van der Waals surface area contributed by atoms with Crippen LogP contribution < -0.4 is 10.0 Å². The first-order valence-corrected chi connectivity index (χ1v) is 7.97. The lowest BCUT2D eigenvalue weighted by molar-refractivity contribution is 0.600. The number of aromatic nitrogens is 3. The van der Waals surface area contributed by atoms with Crippen LogP contribution in [0.25, 0.3) is 0 Å². The SMILES string of the molecule is CNCc1cc(S(=O)(=O)Nc2nccnn2)c(Cl)cc1Cl. The highest BCUT2D eigenvalue weighted by Crippen LogP contribution is 2.29. The van der Waals surface area contributed by atoms with Crippen molar-refractivity contribution in [3.05, 3.63) is 40.1 Å². The molecule has 0 atom stereocenters. The van der Waals surface area contributed by atoms with Crippen LogP contribution in [-0.2, 0) is 16.6 Å². The molecule has 1 heterocycles. The lowest BCUT2D eigenvalue weighted by Gasteiger charge is -2.11. The van der Waals surface area contributed by atoms with Crippen molar-refractivity contribution in [1.82, 2.24) is 20.5 Å². The number of nitrogens with zero attached hydrogens (tertiary/aromatic N) is 3. The average molecular weight is 348 g/mol. The Balaban J connectivity index is 2.42. The van der Waals surface area contributed by atoms with Gasteiger partial charge in [0.1, 0.15) is 4.90 Å². The predicted octanol–water partition coefficient (Wildman–Crippen LogP) is 1.70. The summed E-state index contributed by atoms with van der Waals surface area (Å²) < 4.78 is 26.9. The first-order chi connectivity index (χ1) is 9.94. The third kappa shape index (κ3) is 3.79. The summed E-state index contributed by atoms with van der Waals surface area (Å²) in [7, 11) is -2.21. The summed E-state index contributed by atoms with van der Waals surface area (Å²) in [6.45, 7) is 0.405. The molecule has 21 heavy (non-hydrogen) atoms. The first kappa shape index (κ1) is 15.9. The maximum absolute atomic E-state index is 12.3. The maximum Gasteiger partial charge on any atom is 0.265 e. The second-order valence-corrected chi connectivity index (χ2v) is 6.44. The number of sulfonamides is 1. The number of hydrogen-bond donors (Lipinski definition) is 2. The highest BCUT2D eigenvalue weighted by Gasteiger charge is 2.21. The fourth-order valence-corrected chi connectivity index (χ4v) is 3.38. The van der Waals surface area contributed by atoms with E-state index in [-0.39, 0.29) is 15.9 Å². The number of hydrogen-bond acceptors (Lipinski definition) is 6. The van der Waals surface area contributed by atoms with Crippen LogP contribution in [0.3, 0.4) is 0 Å². The van der Waals surface area contributed by atoms with Gasteiger partial charge in [0.05, 0.1) is 17.4 Å². The summed E-state index contributed by atoms with van der Waals surface area (Å²) in [5.41, 5.74) is 0.607. The van der Waals surface area contributed by atoms with Gasteiger partial charge in [-0.3, -0.25) is 0 Å². The third-order valence-electron chi connectivity index (χ3n) is 2.47. The Morgan fingerprint density at radius 2 is 1.95 bits per heavy atom. The Morgan fingerprint density at radius 3 is 2.57 bits per heavy atom. The molecular formula is C11H11Cl2N5O2S. The molecule has 112 valence electrons. The molecule has 0 saturated heterocycles. The summed E-state index contributed by atoms with van der Waals surface area (Å²) in [6, 6.07) is 2.79. The highest BCUT2D eigenvalue weighted by molar-refractivity contribution is 7.92. The highest BCUT2D eigenvalue weighted by atomic mass is 35.5. The molecule has 1 aromatic heterocycles. The minimum Gasteiger partial charge on any atom is -0.316 e. The number of nitrogens with one attached hydrogen (secondary N) is 2. The largest absolute Gasteiger partial charge is 0.316 e. The molecule has 0 saturated carbocycles. The fraction of sp³-hybridized carbons (Fsp3) is 0.182. The maximum atomic E-state index is 12.3. The van der Waals surface area contributed by atoms with Gasteiger partial charge < -0.3 is 5.32 Å². The van der Waals surface area contributed by atoms with Gasteiger partial charge in [-0.25, -0.2) is 18.1 Å². The Kier molecular flexibility index (Phi) is 4.94. The third-order valence-corrected chi connectivity index (χ3v) is 4.61. The number of anilines is 1. The van der Waals surface area contributed by atoms with Crippen LogP contribution in [0.2, 0.25) is 10.0 Å². The van der Waals surface area contributed by atoms with E-state index in [0.717, 1.165) is 0 Å². The van der Waals surface area contributed by atoms with Gasteiger partial charge in [0.2, 0.25) is 0 Å². The molecule has 0 bridgehead atoms. The van der Waals surface area contributed by atoms with Crippen LogP contribution in [-0.4, -0.2) is 30.6 Å². The summed E-state index contributed by atoms with van der Waals surface area (Å²) in [6.07, 6.45) is 2.65. The van der Waals surface area contributed by atoms with Gasteiger partial charge in [-0.15, -0.1) is 5.10 Å². The van der Waals surface area contributed by atoms with Gasteiger partial charge in [0.25, 0.3) is 16.0 Å². The second-order valence-electron chi connectivity index (χ2n) is 3.98. The van der Waals surface area contributed by atoms with E-state index in [0.29, 0.717) is 17.1 Å². The molecule has 0 aliphatic carbocycles. The molecule has 2 N–H and O–H groups in total. The normalized spacial score (nSPS) is 11.4. The second kappa shape index (κ2) is 6.52. The Morgan fingerprint density at radius 1 is 1.19 bits per heavy atom. The van der Waals surface area contributed by atoms with E-state index < -0.39 is 10.0 Å². The standard InChI is InChI=1S/C11H11Cl2N5O2S/c1-14-6-7-4-10(9(13)5-8(7)12)21(19,20)18-11-15-2-3-16-17-11/h2-5,14H,6H2,1H3,(H,15,17,18). The Hall–Kier alpha value is -1.48. The van der Waals surface area contributed by atoms with Crippen LogP contribution in [0, 0.1) is 0 Å². The van der Waals surface area contributed by atoms with Crippen molar-refractivity contribution in [3.63, 3.8) is 0 Å². The van der Waals surface area contributed by atoms with Gasteiger partial charge >= 0.3 is 0 Å². The van der Waals surface area contributed by atoms with Crippen molar-refractivity contribution in [2.45, 2.75) is 11.4 Å². The van der Waals surface area contributed by atoms with Crippen LogP contribution in [0.15, 0.2) is 29.4 Å². The smallest absolute Gasteiger partial charge is 0.265 e. The zero-order chi connectivity index (χ0) is 15.5. The van der Waals surface area contributed by atoms with E-state index >= 15 is 0 Å². The van der Waals surface area contributed by atoms with Crippen molar-refractivity contribution in [3.8, 4) is 0 Å². The van der Waals surface area contributed by atoms with Gasteiger partial charge in [0.15, 0.2) is 0 Å². The molecule has 0 fully saturated rings. The van der Waals surface area contributed by atoms with E-state index in [9.17, 15) is 8.42 Å². The van der Waals surface area contributed by atoms with E-state index in [2.05, 4.69) is 25.2 Å². The Labute approximate surface area is 131 Å². The van der Waals surface area contributed by atoms with E-state index in [1.165, 1.54) is 24.5 Å². The molecule has 0 aliphatic heterocycles. The molecule has 2 rings (SSSR count). The monoisotopic (exact) mass is 347 g/mol. The number of rotatable bonds is 5. The van der Waals surface area contributed by atoms with Crippen LogP contribution in [0.4, 0.5) is 5.95 Å². The Bertz CT molecular complexity index is 740. The molecular weight excluding hydrogens is 337 g/mol. The minimum atomic E-state index is -3.93. The minimum absolute atomic E-state index is 0.0104. The summed E-state index contributed by atoms with van der Waals surface area (Å²) in [5, 5.41) is 10.4. The first-order valence-electron chi connectivity index (χ1n) is 5.73. The predicted molar refractivity (Wildman–Crippen MR) is 79.9 cm³/mol. The molecule has 0 radical (unpaired) electrons. The quantitative estimate of drug-likeness (QED) is 0.854. The molecule has 0 amide bonds. The molecule has 10 heteroatoms. The molecule has 2 aromatic rings. The van der Waals surface area contributed by atoms with Crippen molar-refractivity contribution in [2.75, 3.05) is 11.8 Å². The zero-order valence-corrected chi connectivity index (χ0v) is 13.2. The molecule has 0 aliphatic rings. The topological polar surface area (TPSA) is 96.9 Å². The summed E-state index contributed by atoms with van der Waals surface area (Å²) in [5.74, 6) is -0.140. The molecule has 7 nitrogen and oxygen atoms in total. The zero-order valence-electron chi connectivity index (χ0n) is 10.8. The van der Waals surface area contributed by atoms with Crippen LogP contribution in [0.1, 0.15) is 5.56 Å². The summed E-state index contributed by atoms with van der Waals surface area (Å²) >= 11 is 12.0. The molecule has 0 spiro atoms. The van der Waals surface area contributed by atoms with E-state index in [1.807, 2.05) is 0 Å². The van der Waals surface area contributed by atoms with Gasteiger partial charge in [0, 0.05) is 11.6 Å². The molecule has 0 unspecified atom stereocenters. The van der Waals surface area contributed by atoms with Gasteiger partial charge in [-0.1, -0.05) is 23.2 Å². The van der Waals surface area contributed by atoms with Gasteiger partial charge in [-0.05, 0) is 24.7 Å². The van der Waals surface area contributed by atoms with Crippen molar-refractivity contribution < 1.29 is 8.42 Å². The van der Waals surface area contributed by atoms with Crippen molar-refractivity contribution >= 4 is 39.2 Å². The van der Waals surface area contributed by atoms with E-state index in [4.69, 9.17) is 23.2 Å². The number of benzene rings is 1. The van der Waals surface area contributed by atoms with Crippen molar-refractivity contribution in [2.24, 2.45) is 0 Å². The molecule has 1 aromatic carbocycles. The summed E-state index contributed by atoms with van der Waals surface area (Å²) in [4.78, 5) is 3.64. The van der Waals surface area contributed by atoms with Crippen LogP contribution in [0.5, 0.6) is 0 Å². The van der Waals surface area contributed by atoms with Crippen LogP contribution >= 0.6 is 23.2 Å². The fourth-order valence-electron chi connectivity index (χ4n) is 1.57. The van der Waals surface area contributed by atoms with Gasteiger partial charge in [-0.2, -0.15) is 5.10 Å². The number of halogens is 2. The van der Waals surface area contributed by atoms with Crippen molar-refractivity contribution in [1.29, 1.82) is 0 Å². The van der Waals surface area contributed by atoms with E-state index in [1.54, 1.807) is 7.05 Å². The lowest BCUT2D eigenvalue weighted by atomic mass is 10.2.